The third kappa shape index (κ3) is 4.19. The van der Waals surface area contributed by atoms with Gasteiger partial charge in [-0.15, -0.1) is 0 Å². The zero-order chi connectivity index (χ0) is 12.0. The topological polar surface area (TPSA) is 34.1 Å². The lowest BCUT2D eigenvalue weighted by Gasteiger charge is -2.23. The van der Waals surface area contributed by atoms with E-state index in [2.05, 4.69) is 38.0 Å². The highest BCUT2D eigenvalue weighted by molar-refractivity contribution is 5.34. The van der Waals surface area contributed by atoms with Gasteiger partial charge >= 0.3 is 0 Å². The van der Waals surface area contributed by atoms with Gasteiger partial charge in [0.1, 0.15) is 5.82 Å². The van der Waals surface area contributed by atoms with Gasteiger partial charge in [0.25, 0.3) is 0 Å². The molecule has 0 radical (unpaired) electrons. The van der Waals surface area contributed by atoms with Crippen molar-refractivity contribution in [1.29, 1.82) is 0 Å². The summed E-state index contributed by atoms with van der Waals surface area (Å²) in [6.45, 7) is 9.84. The Hall–Kier alpha value is -1.09. The summed E-state index contributed by atoms with van der Waals surface area (Å²) < 4.78 is 5.81. The van der Waals surface area contributed by atoms with Crippen molar-refractivity contribution in [1.82, 2.24) is 4.98 Å². The number of aromatic nitrogens is 1. The largest absolute Gasteiger partial charge is 0.370 e. The molecule has 1 rings (SSSR count). The van der Waals surface area contributed by atoms with Gasteiger partial charge in [-0.05, 0) is 39.3 Å². The van der Waals surface area contributed by atoms with E-state index in [9.17, 15) is 0 Å². The van der Waals surface area contributed by atoms with Crippen molar-refractivity contribution in [2.24, 2.45) is 0 Å². The monoisotopic (exact) mass is 222 g/mol. The second-order valence-electron chi connectivity index (χ2n) is 4.45. The molecule has 0 saturated carbocycles. The first-order valence-corrected chi connectivity index (χ1v) is 5.91. The Kier molecular flexibility index (Phi) is 4.74. The number of nitrogens with zero attached hydrogens (tertiary/aromatic N) is 1. The SMILES string of the molecule is CCNc1cccc(COC(C)(C)CC)n1. The molecule has 0 bridgehead atoms. The molecule has 1 heterocycles. The number of pyridine rings is 1. The predicted octanol–water partition coefficient (Wildman–Crippen LogP) is 3.22. The van der Waals surface area contributed by atoms with Crippen LogP contribution in [0.2, 0.25) is 0 Å². The molecule has 3 nitrogen and oxygen atoms in total. The Morgan fingerprint density at radius 1 is 1.31 bits per heavy atom. The van der Waals surface area contributed by atoms with Crippen molar-refractivity contribution in [2.75, 3.05) is 11.9 Å². The van der Waals surface area contributed by atoms with Gasteiger partial charge in [0.15, 0.2) is 0 Å². The van der Waals surface area contributed by atoms with Gasteiger partial charge in [-0.3, -0.25) is 0 Å². The fourth-order valence-corrected chi connectivity index (χ4v) is 1.21. The number of hydrogen-bond acceptors (Lipinski definition) is 3. The smallest absolute Gasteiger partial charge is 0.126 e. The molecule has 16 heavy (non-hydrogen) atoms. The minimum atomic E-state index is -0.0735. The molecule has 0 saturated heterocycles. The fourth-order valence-electron chi connectivity index (χ4n) is 1.21. The predicted molar refractivity (Wildman–Crippen MR) is 67.6 cm³/mol. The van der Waals surface area contributed by atoms with Crippen LogP contribution in [-0.2, 0) is 11.3 Å². The van der Waals surface area contributed by atoms with Crippen LogP contribution < -0.4 is 5.32 Å². The Morgan fingerprint density at radius 3 is 2.69 bits per heavy atom. The molecule has 0 aliphatic rings. The lowest BCUT2D eigenvalue weighted by atomic mass is 10.1. The van der Waals surface area contributed by atoms with Gasteiger partial charge in [0, 0.05) is 6.54 Å². The van der Waals surface area contributed by atoms with Crippen molar-refractivity contribution >= 4 is 5.82 Å². The molecule has 0 aromatic carbocycles. The number of ether oxygens (including phenoxy) is 1. The van der Waals surface area contributed by atoms with Crippen LogP contribution in [0.5, 0.6) is 0 Å². The van der Waals surface area contributed by atoms with Crippen molar-refractivity contribution < 1.29 is 4.74 Å². The summed E-state index contributed by atoms with van der Waals surface area (Å²) in [5.74, 6) is 0.915. The van der Waals surface area contributed by atoms with Crippen molar-refractivity contribution in [2.45, 2.75) is 46.3 Å². The van der Waals surface area contributed by atoms with Crippen LogP contribution >= 0.6 is 0 Å². The van der Waals surface area contributed by atoms with E-state index in [4.69, 9.17) is 4.74 Å². The molecule has 0 aliphatic carbocycles. The number of hydrogen-bond donors (Lipinski definition) is 1. The molecule has 0 unspecified atom stereocenters. The molecular formula is C13H22N2O. The van der Waals surface area contributed by atoms with Gasteiger partial charge in [-0.25, -0.2) is 4.98 Å². The first-order chi connectivity index (χ1) is 7.57. The first-order valence-electron chi connectivity index (χ1n) is 5.91. The van der Waals surface area contributed by atoms with E-state index < -0.39 is 0 Å². The van der Waals surface area contributed by atoms with Gasteiger partial charge < -0.3 is 10.1 Å². The molecule has 0 amide bonds. The van der Waals surface area contributed by atoms with Gasteiger partial charge in [0.05, 0.1) is 17.9 Å². The molecule has 0 fully saturated rings. The molecule has 1 N–H and O–H groups in total. The summed E-state index contributed by atoms with van der Waals surface area (Å²) in [5, 5.41) is 3.19. The molecule has 0 atom stereocenters. The molecule has 0 spiro atoms. The third-order valence-electron chi connectivity index (χ3n) is 2.63. The Bertz CT molecular complexity index is 323. The molecule has 1 aromatic heterocycles. The zero-order valence-electron chi connectivity index (χ0n) is 10.7. The fraction of sp³-hybridized carbons (Fsp3) is 0.615. The van der Waals surface area contributed by atoms with Gasteiger partial charge in [-0.1, -0.05) is 13.0 Å². The highest BCUT2D eigenvalue weighted by Crippen LogP contribution is 2.16. The van der Waals surface area contributed by atoms with Gasteiger partial charge in [0.2, 0.25) is 0 Å². The molecule has 0 aliphatic heterocycles. The second-order valence-corrected chi connectivity index (χ2v) is 4.45. The third-order valence-corrected chi connectivity index (χ3v) is 2.63. The molecular weight excluding hydrogens is 200 g/mol. The van der Waals surface area contributed by atoms with E-state index in [-0.39, 0.29) is 5.60 Å². The minimum Gasteiger partial charge on any atom is -0.370 e. The van der Waals surface area contributed by atoms with E-state index in [0.29, 0.717) is 6.61 Å². The van der Waals surface area contributed by atoms with E-state index in [1.165, 1.54) is 0 Å². The van der Waals surface area contributed by atoms with E-state index in [1.807, 2.05) is 18.2 Å². The lowest BCUT2D eigenvalue weighted by Crippen LogP contribution is -2.23. The maximum atomic E-state index is 5.81. The normalized spacial score (nSPS) is 11.5. The summed E-state index contributed by atoms with van der Waals surface area (Å²) in [4.78, 5) is 4.46. The maximum Gasteiger partial charge on any atom is 0.126 e. The second kappa shape index (κ2) is 5.85. The van der Waals surface area contributed by atoms with E-state index >= 15 is 0 Å². The van der Waals surface area contributed by atoms with E-state index in [0.717, 1.165) is 24.5 Å². The quantitative estimate of drug-likeness (QED) is 0.802. The number of anilines is 1. The lowest BCUT2D eigenvalue weighted by molar-refractivity contribution is -0.0329. The van der Waals surface area contributed by atoms with Crippen LogP contribution in [0.1, 0.15) is 39.8 Å². The number of rotatable bonds is 6. The van der Waals surface area contributed by atoms with Crippen LogP contribution in [-0.4, -0.2) is 17.1 Å². The standard InChI is InChI=1S/C13H22N2O/c1-5-13(3,4)16-10-11-8-7-9-12(15-11)14-6-2/h7-9H,5-6,10H2,1-4H3,(H,14,15). The Labute approximate surface area is 98.2 Å². The van der Waals surface area contributed by atoms with Crippen LogP contribution in [0.4, 0.5) is 5.82 Å². The average Bonchev–Trinajstić information content (AvgIpc) is 2.28. The summed E-state index contributed by atoms with van der Waals surface area (Å²) in [6, 6.07) is 5.97. The summed E-state index contributed by atoms with van der Waals surface area (Å²) in [6.07, 6.45) is 1.000. The van der Waals surface area contributed by atoms with Gasteiger partial charge in [-0.2, -0.15) is 0 Å². The number of nitrogens with one attached hydrogen (secondary N) is 1. The van der Waals surface area contributed by atoms with Crippen molar-refractivity contribution in [3.8, 4) is 0 Å². The van der Waals surface area contributed by atoms with Crippen LogP contribution in [0.15, 0.2) is 18.2 Å². The highest BCUT2D eigenvalue weighted by atomic mass is 16.5. The summed E-state index contributed by atoms with van der Waals surface area (Å²) in [5.41, 5.74) is 0.899. The van der Waals surface area contributed by atoms with Crippen LogP contribution in [0.25, 0.3) is 0 Å². The van der Waals surface area contributed by atoms with Crippen LogP contribution in [0.3, 0.4) is 0 Å². The van der Waals surface area contributed by atoms with Crippen molar-refractivity contribution in [3.63, 3.8) is 0 Å². The Morgan fingerprint density at radius 2 is 2.06 bits per heavy atom. The molecule has 90 valence electrons. The summed E-state index contributed by atoms with van der Waals surface area (Å²) >= 11 is 0. The van der Waals surface area contributed by atoms with Crippen LogP contribution in [0, 0.1) is 0 Å². The Balaban J connectivity index is 2.57. The van der Waals surface area contributed by atoms with Crippen molar-refractivity contribution in [3.05, 3.63) is 23.9 Å². The zero-order valence-corrected chi connectivity index (χ0v) is 10.7. The molecule has 1 aromatic rings. The first kappa shape index (κ1) is 13.0. The highest BCUT2D eigenvalue weighted by Gasteiger charge is 2.15. The maximum absolute atomic E-state index is 5.81. The van der Waals surface area contributed by atoms with E-state index in [1.54, 1.807) is 0 Å². The molecule has 3 heteroatoms. The average molecular weight is 222 g/mol. The minimum absolute atomic E-state index is 0.0735. The summed E-state index contributed by atoms with van der Waals surface area (Å²) in [7, 11) is 0.